The Morgan fingerprint density at radius 2 is 1.45 bits per heavy atom. The van der Waals surface area contributed by atoms with Crippen molar-refractivity contribution < 1.29 is 14.2 Å². The lowest BCUT2D eigenvalue weighted by molar-refractivity contribution is -0.387. The van der Waals surface area contributed by atoms with E-state index < -0.39 is 5.97 Å². The number of hydrogen-bond acceptors (Lipinski definition) is 3. The van der Waals surface area contributed by atoms with Gasteiger partial charge in [0.15, 0.2) is 0 Å². The summed E-state index contributed by atoms with van der Waals surface area (Å²) in [6.45, 7) is 0. The number of methoxy groups -OCH3 is 3. The van der Waals surface area contributed by atoms with Crippen molar-refractivity contribution in [2.75, 3.05) is 21.3 Å². The van der Waals surface area contributed by atoms with E-state index in [4.69, 9.17) is 14.2 Å². The smallest absolute Gasteiger partial charge is 0.285 e. The van der Waals surface area contributed by atoms with Gasteiger partial charge in [-0.3, -0.25) is 0 Å². The van der Waals surface area contributed by atoms with E-state index in [0.29, 0.717) is 5.92 Å². The average molecular weight is 160 g/mol. The second kappa shape index (κ2) is 3.52. The Labute approximate surface area is 67.6 Å². The number of hydrogen-bond donors (Lipinski definition) is 0. The summed E-state index contributed by atoms with van der Waals surface area (Å²) in [6, 6.07) is 0. The van der Waals surface area contributed by atoms with Crippen molar-refractivity contribution in [1.29, 1.82) is 0 Å². The molecule has 1 aliphatic carbocycles. The first-order chi connectivity index (χ1) is 5.29. The van der Waals surface area contributed by atoms with E-state index in [1.165, 1.54) is 6.42 Å². The van der Waals surface area contributed by atoms with Gasteiger partial charge in [0.1, 0.15) is 0 Å². The molecular formula is C8H16O3. The molecule has 66 valence electrons. The maximum Gasteiger partial charge on any atom is 0.285 e. The van der Waals surface area contributed by atoms with E-state index in [1.807, 2.05) is 0 Å². The first kappa shape index (κ1) is 8.97. The van der Waals surface area contributed by atoms with Crippen molar-refractivity contribution >= 4 is 0 Å². The minimum Gasteiger partial charge on any atom is -0.331 e. The van der Waals surface area contributed by atoms with Crippen molar-refractivity contribution in [1.82, 2.24) is 0 Å². The summed E-state index contributed by atoms with van der Waals surface area (Å²) < 4.78 is 15.6. The minimum atomic E-state index is -0.780. The van der Waals surface area contributed by atoms with Gasteiger partial charge in [-0.1, -0.05) is 6.42 Å². The molecule has 0 amide bonds. The van der Waals surface area contributed by atoms with Gasteiger partial charge in [0.2, 0.25) is 0 Å². The van der Waals surface area contributed by atoms with Crippen LogP contribution in [0.15, 0.2) is 0 Å². The summed E-state index contributed by atoms with van der Waals surface area (Å²) >= 11 is 0. The SMILES string of the molecule is COC(OC)(OC)C1CCC1. The average Bonchev–Trinajstić information content (AvgIpc) is 1.97. The molecule has 0 atom stereocenters. The summed E-state index contributed by atoms with van der Waals surface area (Å²) in [7, 11) is 4.85. The maximum absolute atomic E-state index is 5.20. The molecule has 11 heavy (non-hydrogen) atoms. The molecule has 1 rings (SSSR count). The fourth-order valence-corrected chi connectivity index (χ4v) is 1.51. The van der Waals surface area contributed by atoms with Crippen LogP contribution in [-0.4, -0.2) is 27.3 Å². The minimum absolute atomic E-state index is 0.405. The third-order valence-electron chi connectivity index (χ3n) is 2.46. The molecule has 3 nitrogen and oxygen atoms in total. The van der Waals surface area contributed by atoms with Crippen LogP contribution in [0.2, 0.25) is 0 Å². The van der Waals surface area contributed by atoms with Crippen LogP contribution < -0.4 is 0 Å². The second-order valence-electron chi connectivity index (χ2n) is 2.84. The van der Waals surface area contributed by atoms with Crippen molar-refractivity contribution in [3.8, 4) is 0 Å². The van der Waals surface area contributed by atoms with E-state index in [9.17, 15) is 0 Å². The van der Waals surface area contributed by atoms with Crippen LogP contribution in [0.3, 0.4) is 0 Å². The van der Waals surface area contributed by atoms with Crippen LogP contribution in [0, 0.1) is 5.92 Å². The molecule has 0 saturated heterocycles. The standard InChI is InChI=1S/C8H16O3/c1-9-8(10-2,11-3)7-5-4-6-7/h7H,4-6H2,1-3H3. The molecule has 0 radical (unpaired) electrons. The van der Waals surface area contributed by atoms with Crippen LogP contribution in [0.25, 0.3) is 0 Å². The molecule has 0 aromatic heterocycles. The lowest BCUT2D eigenvalue weighted by Crippen LogP contribution is -2.46. The molecule has 3 heteroatoms. The quantitative estimate of drug-likeness (QED) is 0.581. The molecule has 0 aromatic rings. The van der Waals surface area contributed by atoms with Gasteiger partial charge in [0.05, 0.1) is 0 Å². The largest absolute Gasteiger partial charge is 0.331 e. The summed E-state index contributed by atoms with van der Waals surface area (Å²) in [5.41, 5.74) is 0. The molecular weight excluding hydrogens is 144 g/mol. The Morgan fingerprint density at radius 3 is 1.55 bits per heavy atom. The Morgan fingerprint density at radius 1 is 1.00 bits per heavy atom. The lowest BCUT2D eigenvalue weighted by atomic mass is 9.83. The van der Waals surface area contributed by atoms with Gasteiger partial charge in [0.25, 0.3) is 5.97 Å². The third-order valence-corrected chi connectivity index (χ3v) is 2.46. The van der Waals surface area contributed by atoms with Gasteiger partial charge in [-0.15, -0.1) is 0 Å². The summed E-state index contributed by atoms with van der Waals surface area (Å²) in [5, 5.41) is 0. The van der Waals surface area contributed by atoms with Crippen molar-refractivity contribution in [3.63, 3.8) is 0 Å². The highest BCUT2D eigenvalue weighted by Gasteiger charge is 2.43. The molecule has 0 bridgehead atoms. The Bertz CT molecular complexity index is 108. The van der Waals surface area contributed by atoms with Crippen LogP contribution in [-0.2, 0) is 14.2 Å². The molecule has 0 N–H and O–H groups in total. The van der Waals surface area contributed by atoms with Gasteiger partial charge in [-0.2, -0.15) is 0 Å². The topological polar surface area (TPSA) is 27.7 Å². The van der Waals surface area contributed by atoms with Crippen LogP contribution >= 0.6 is 0 Å². The number of rotatable bonds is 4. The first-order valence-electron chi connectivity index (χ1n) is 3.94. The zero-order valence-corrected chi connectivity index (χ0v) is 7.42. The van der Waals surface area contributed by atoms with Gasteiger partial charge >= 0.3 is 0 Å². The Kier molecular flexibility index (Phi) is 2.87. The van der Waals surface area contributed by atoms with E-state index in [2.05, 4.69) is 0 Å². The molecule has 1 aliphatic rings. The lowest BCUT2D eigenvalue weighted by Gasteiger charge is -2.40. The highest BCUT2D eigenvalue weighted by atomic mass is 16.9. The van der Waals surface area contributed by atoms with E-state index in [0.717, 1.165) is 12.8 Å². The second-order valence-corrected chi connectivity index (χ2v) is 2.84. The number of ether oxygens (including phenoxy) is 3. The molecule has 0 aliphatic heterocycles. The molecule has 0 spiro atoms. The van der Waals surface area contributed by atoms with Gasteiger partial charge in [-0.25, -0.2) is 0 Å². The Balaban J connectivity index is 2.54. The van der Waals surface area contributed by atoms with E-state index >= 15 is 0 Å². The zero-order chi connectivity index (χ0) is 8.32. The Hall–Kier alpha value is -0.120. The predicted octanol–water partition coefficient (Wildman–Crippen LogP) is 1.38. The van der Waals surface area contributed by atoms with Crippen molar-refractivity contribution in [2.24, 2.45) is 5.92 Å². The maximum atomic E-state index is 5.20. The monoisotopic (exact) mass is 160 g/mol. The van der Waals surface area contributed by atoms with Gasteiger partial charge in [0, 0.05) is 27.2 Å². The predicted molar refractivity (Wildman–Crippen MR) is 41.1 cm³/mol. The summed E-state index contributed by atoms with van der Waals surface area (Å²) in [5.74, 6) is -0.374. The first-order valence-corrected chi connectivity index (χ1v) is 3.94. The fraction of sp³-hybridized carbons (Fsp3) is 1.00. The molecule has 0 unspecified atom stereocenters. The highest BCUT2D eigenvalue weighted by Crippen LogP contribution is 2.38. The van der Waals surface area contributed by atoms with Gasteiger partial charge in [-0.05, 0) is 12.8 Å². The van der Waals surface area contributed by atoms with E-state index in [-0.39, 0.29) is 0 Å². The van der Waals surface area contributed by atoms with Crippen molar-refractivity contribution in [3.05, 3.63) is 0 Å². The summed E-state index contributed by atoms with van der Waals surface area (Å²) in [6.07, 6.45) is 3.52. The normalized spacial score (nSPS) is 19.9. The van der Waals surface area contributed by atoms with E-state index in [1.54, 1.807) is 21.3 Å². The van der Waals surface area contributed by atoms with Crippen LogP contribution in [0.4, 0.5) is 0 Å². The van der Waals surface area contributed by atoms with Gasteiger partial charge < -0.3 is 14.2 Å². The molecule has 0 heterocycles. The van der Waals surface area contributed by atoms with Crippen LogP contribution in [0.1, 0.15) is 19.3 Å². The molecule has 1 fully saturated rings. The van der Waals surface area contributed by atoms with Crippen molar-refractivity contribution in [2.45, 2.75) is 25.2 Å². The zero-order valence-electron chi connectivity index (χ0n) is 7.42. The third kappa shape index (κ3) is 1.41. The fourth-order valence-electron chi connectivity index (χ4n) is 1.51. The summed E-state index contributed by atoms with van der Waals surface area (Å²) in [4.78, 5) is 0. The van der Waals surface area contributed by atoms with Crippen LogP contribution in [0.5, 0.6) is 0 Å². The highest BCUT2D eigenvalue weighted by molar-refractivity contribution is 4.78. The molecule has 1 saturated carbocycles. The molecule has 0 aromatic carbocycles.